The third kappa shape index (κ3) is 4.40. The summed E-state index contributed by atoms with van der Waals surface area (Å²) in [6.07, 6.45) is 1.35. The second kappa shape index (κ2) is 7.00. The van der Waals surface area contributed by atoms with Crippen LogP contribution in [0.25, 0.3) is 0 Å². The number of aliphatic hydroxyl groups is 1. The SMILES string of the molecule is CC(C)CSCC(O)Cc1cc(Br)cc2c1OCC2. The van der Waals surface area contributed by atoms with Crippen molar-refractivity contribution >= 4 is 27.7 Å². The molecule has 19 heavy (non-hydrogen) atoms. The van der Waals surface area contributed by atoms with E-state index in [9.17, 15) is 5.11 Å². The molecule has 2 rings (SSSR count). The lowest BCUT2D eigenvalue weighted by Crippen LogP contribution is -2.15. The third-order valence-corrected chi connectivity index (χ3v) is 5.02. The first kappa shape index (κ1) is 15.2. The summed E-state index contributed by atoms with van der Waals surface area (Å²) in [6, 6.07) is 4.19. The molecule has 0 fully saturated rings. The van der Waals surface area contributed by atoms with E-state index in [1.54, 1.807) is 0 Å². The van der Waals surface area contributed by atoms with Crippen molar-refractivity contribution in [2.24, 2.45) is 5.92 Å². The first-order chi connectivity index (χ1) is 9.06. The van der Waals surface area contributed by atoms with Gasteiger partial charge < -0.3 is 9.84 Å². The van der Waals surface area contributed by atoms with Crippen molar-refractivity contribution < 1.29 is 9.84 Å². The number of ether oxygens (including phenoxy) is 1. The minimum Gasteiger partial charge on any atom is -0.493 e. The van der Waals surface area contributed by atoms with Crippen LogP contribution in [0.2, 0.25) is 0 Å². The van der Waals surface area contributed by atoms with Gasteiger partial charge in [-0.25, -0.2) is 0 Å². The van der Waals surface area contributed by atoms with E-state index in [1.165, 1.54) is 5.56 Å². The van der Waals surface area contributed by atoms with Crippen LogP contribution in [-0.4, -0.2) is 29.3 Å². The molecule has 0 radical (unpaired) electrons. The molecule has 4 heteroatoms. The Labute approximate surface area is 128 Å². The van der Waals surface area contributed by atoms with Crippen LogP contribution < -0.4 is 4.74 Å². The smallest absolute Gasteiger partial charge is 0.125 e. The van der Waals surface area contributed by atoms with E-state index in [2.05, 4.69) is 41.9 Å². The van der Waals surface area contributed by atoms with Gasteiger partial charge in [0.1, 0.15) is 5.75 Å². The maximum absolute atomic E-state index is 10.1. The Morgan fingerprint density at radius 1 is 1.37 bits per heavy atom. The Kier molecular flexibility index (Phi) is 5.60. The Morgan fingerprint density at radius 3 is 2.89 bits per heavy atom. The number of hydrogen-bond acceptors (Lipinski definition) is 3. The summed E-state index contributed by atoms with van der Waals surface area (Å²) in [5.41, 5.74) is 2.38. The summed E-state index contributed by atoms with van der Waals surface area (Å²) in [7, 11) is 0. The summed E-state index contributed by atoms with van der Waals surface area (Å²) in [5.74, 6) is 3.57. The third-order valence-electron chi connectivity index (χ3n) is 3.04. The van der Waals surface area contributed by atoms with E-state index < -0.39 is 0 Å². The van der Waals surface area contributed by atoms with E-state index >= 15 is 0 Å². The van der Waals surface area contributed by atoms with Gasteiger partial charge in [-0.3, -0.25) is 0 Å². The summed E-state index contributed by atoms with van der Waals surface area (Å²) >= 11 is 5.36. The van der Waals surface area contributed by atoms with E-state index in [0.29, 0.717) is 12.3 Å². The normalized spacial score (nSPS) is 15.4. The van der Waals surface area contributed by atoms with Crippen molar-refractivity contribution in [1.82, 2.24) is 0 Å². The standard InChI is InChI=1S/C15H21BrO2S/c1-10(2)8-19-9-14(17)7-12-6-13(16)5-11-3-4-18-15(11)12/h5-6,10,14,17H,3-4,7-9H2,1-2H3. The van der Waals surface area contributed by atoms with Crippen LogP contribution in [0.1, 0.15) is 25.0 Å². The van der Waals surface area contributed by atoms with E-state index in [0.717, 1.165) is 40.3 Å². The van der Waals surface area contributed by atoms with Crippen LogP contribution in [0.4, 0.5) is 0 Å². The quantitative estimate of drug-likeness (QED) is 0.853. The molecule has 0 saturated carbocycles. The highest BCUT2D eigenvalue weighted by atomic mass is 79.9. The van der Waals surface area contributed by atoms with Gasteiger partial charge in [0.15, 0.2) is 0 Å². The average molecular weight is 345 g/mol. The maximum atomic E-state index is 10.1. The lowest BCUT2D eigenvalue weighted by atomic mass is 10.0. The molecule has 106 valence electrons. The van der Waals surface area contributed by atoms with Crippen LogP contribution in [0.5, 0.6) is 5.75 Å². The van der Waals surface area contributed by atoms with Crippen molar-refractivity contribution in [1.29, 1.82) is 0 Å². The van der Waals surface area contributed by atoms with Gasteiger partial charge in [-0.15, -0.1) is 0 Å². The fourth-order valence-corrected chi connectivity index (χ4v) is 3.80. The summed E-state index contributed by atoms with van der Waals surface area (Å²) < 4.78 is 6.77. The highest BCUT2D eigenvalue weighted by Gasteiger charge is 2.19. The highest BCUT2D eigenvalue weighted by molar-refractivity contribution is 9.10. The molecule has 2 nitrogen and oxygen atoms in total. The van der Waals surface area contributed by atoms with Crippen molar-refractivity contribution in [3.05, 3.63) is 27.7 Å². The number of benzene rings is 1. The zero-order chi connectivity index (χ0) is 13.8. The maximum Gasteiger partial charge on any atom is 0.125 e. The zero-order valence-electron chi connectivity index (χ0n) is 11.5. The van der Waals surface area contributed by atoms with Crippen molar-refractivity contribution in [3.63, 3.8) is 0 Å². The number of hydrogen-bond donors (Lipinski definition) is 1. The highest BCUT2D eigenvalue weighted by Crippen LogP contribution is 2.33. The number of rotatable bonds is 6. The van der Waals surface area contributed by atoms with Crippen molar-refractivity contribution in [2.75, 3.05) is 18.1 Å². The van der Waals surface area contributed by atoms with Crippen LogP contribution in [-0.2, 0) is 12.8 Å². The predicted molar refractivity (Wildman–Crippen MR) is 85.2 cm³/mol. The molecule has 0 amide bonds. The fraction of sp³-hybridized carbons (Fsp3) is 0.600. The van der Waals surface area contributed by atoms with Gasteiger partial charge in [-0.05, 0) is 34.9 Å². The Hall–Kier alpha value is -0.190. The van der Waals surface area contributed by atoms with E-state index in [4.69, 9.17) is 4.74 Å². The molecule has 1 unspecified atom stereocenters. The number of halogens is 1. The lowest BCUT2D eigenvalue weighted by molar-refractivity contribution is 0.198. The van der Waals surface area contributed by atoms with Gasteiger partial charge in [0, 0.05) is 23.1 Å². The summed E-state index contributed by atoms with van der Waals surface area (Å²) in [4.78, 5) is 0. The zero-order valence-corrected chi connectivity index (χ0v) is 13.9. The monoisotopic (exact) mass is 344 g/mol. The molecule has 1 aliphatic rings. The average Bonchev–Trinajstić information content (AvgIpc) is 2.76. The molecule has 1 aromatic rings. The number of aliphatic hydroxyl groups excluding tert-OH is 1. The first-order valence-corrected chi connectivity index (χ1v) is 8.71. The van der Waals surface area contributed by atoms with Gasteiger partial charge in [0.2, 0.25) is 0 Å². The molecule has 1 aromatic carbocycles. The second-order valence-corrected chi connectivity index (χ2v) is 7.43. The van der Waals surface area contributed by atoms with Gasteiger partial charge in [-0.1, -0.05) is 29.8 Å². The summed E-state index contributed by atoms with van der Waals surface area (Å²) in [5, 5.41) is 10.1. The molecule has 1 N–H and O–H groups in total. The van der Waals surface area contributed by atoms with Gasteiger partial charge in [0.05, 0.1) is 12.7 Å². The second-order valence-electron chi connectivity index (χ2n) is 5.44. The van der Waals surface area contributed by atoms with Crippen LogP contribution in [0, 0.1) is 5.92 Å². The Bertz CT molecular complexity index is 434. The molecule has 0 saturated heterocycles. The molecule has 0 aliphatic carbocycles. The minimum absolute atomic E-state index is 0.300. The Balaban J connectivity index is 1.95. The summed E-state index contributed by atoms with van der Waals surface area (Å²) in [6.45, 7) is 5.17. The lowest BCUT2D eigenvalue weighted by Gasteiger charge is -2.14. The molecule has 1 heterocycles. The first-order valence-electron chi connectivity index (χ1n) is 6.76. The number of fused-ring (bicyclic) bond motifs is 1. The van der Waals surface area contributed by atoms with Crippen LogP contribution in [0.15, 0.2) is 16.6 Å². The largest absolute Gasteiger partial charge is 0.493 e. The van der Waals surface area contributed by atoms with Crippen molar-refractivity contribution in [3.8, 4) is 5.75 Å². The van der Waals surface area contributed by atoms with Crippen LogP contribution >= 0.6 is 27.7 Å². The predicted octanol–water partition coefficient (Wildman–Crippen LogP) is 3.68. The van der Waals surface area contributed by atoms with Crippen LogP contribution in [0.3, 0.4) is 0 Å². The molecular formula is C15H21BrO2S. The Morgan fingerprint density at radius 2 is 2.16 bits per heavy atom. The molecule has 0 aromatic heterocycles. The minimum atomic E-state index is -0.300. The molecule has 1 atom stereocenters. The van der Waals surface area contributed by atoms with Gasteiger partial charge in [-0.2, -0.15) is 11.8 Å². The molecule has 1 aliphatic heterocycles. The van der Waals surface area contributed by atoms with Gasteiger partial charge in [0.25, 0.3) is 0 Å². The van der Waals surface area contributed by atoms with Crippen molar-refractivity contribution in [2.45, 2.75) is 32.8 Å². The van der Waals surface area contributed by atoms with E-state index in [-0.39, 0.29) is 6.10 Å². The number of thioether (sulfide) groups is 1. The molecular weight excluding hydrogens is 324 g/mol. The van der Waals surface area contributed by atoms with Gasteiger partial charge >= 0.3 is 0 Å². The van der Waals surface area contributed by atoms with E-state index in [1.807, 2.05) is 11.8 Å². The topological polar surface area (TPSA) is 29.5 Å². The fourth-order valence-electron chi connectivity index (χ4n) is 2.25. The molecule has 0 bridgehead atoms. The molecule has 0 spiro atoms.